The van der Waals surface area contributed by atoms with Gasteiger partial charge in [-0.1, -0.05) is 24.2 Å². The van der Waals surface area contributed by atoms with Crippen LogP contribution >= 0.6 is 0 Å². The molecular formula is C7H11N3O3. The lowest BCUT2D eigenvalue weighted by molar-refractivity contribution is 0.0684. The Kier molecular flexibility index (Phi) is 2.84. The highest BCUT2D eigenvalue weighted by Crippen LogP contribution is 2.11. The van der Waals surface area contributed by atoms with E-state index in [-0.39, 0.29) is 11.6 Å². The largest absolute Gasteiger partial charge is 0.476 e. The second kappa shape index (κ2) is 3.88. The van der Waals surface area contributed by atoms with Gasteiger partial charge in [-0.3, -0.25) is 0 Å². The standard InChI is InChI=1S/C7H11N3O3/c1-4(2)3-13-6-5(7(11)12)8-10-9-6/h4H,3H2,1-2H3,(H,11,12)(H,8,9,10). The van der Waals surface area contributed by atoms with Crippen LogP contribution < -0.4 is 4.74 Å². The molecular weight excluding hydrogens is 174 g/mol. The van der Waals surface area contributed by atoms with Crippen LogP contribution in [0.1, 0.15) is 24.3 Å². The molecule has 0 atom stereocenters. The van der Waals surface area contributed by atoms with Gasteiger partial charge in [0.2, 0.25) is 5.69 Å². The molecule has 0 unspecified atom stereocenters. The third-order valence-corrected chi connectivity index (χ3v) is 1.28. The van der Waals surface area contributed by atoms with E-state index in [1.54, 1.807) is 0 Å². The molecule has 0 aliphatic rings. The van der Waals surface area contributed by atoms with Crippen LogP contribution in [0.3, 0.4) is 0 Å². The number of aromatic nitrogens is 3. The summed E-state index contributed by atoms with van der Waals surface area (Å²) < 4.78 is 5.11. The molecule has 2 N–H and O–H groups in total. The molecule has 0 saturated carbocycles. The number of carbonyl (C=O) groups is 1. The first-order valence-corrected chi connectivity index (χ1v) is 3.88. The lowest BCUT2D eigenvalue weighted by Gasteiger charge is -2.04. The first-order chi connectivity index (χ1) is 6.11. The van der Waals surface area contributed by atoms with Crippen molar-refractivity contribution in [3.8, 4) is 5.88 Å². The molecule has 72 valence electrons. The molecule has 6 nitrogen and oxygen atoms in total. The Morgan fingerprint density at radius 2 is 2.38 bits per heavy atom. The number of aromatic amines is 1. The number of carboxylic acids is 1. The van der Waals surface area contributed by atoms with Crippen molar-refractivity contribution in [3.63, 3.8) is 0 Å². The van der Waals surface area contributed by atoms with E-state index in [1.807, 2.05) is 13.8 Å². The van der Waals surface area contributed by atoms with Crippen molar-refractivity contribution in [3.05, 3.63) is 5.69 Å². The molecule has 1 aromatic rings. The second-order valence-electron chi connectivity index (χ2n) is 3.00. The van der Waals surface area contributed by atoms with Crippen LogP contribution in [-0.2, 0) is 0 Å². The molecule has 1 heterocycles. The van der Waals surface area contributed by atoms with Gasteiger partial charge in [0, 0.05) is 0 Å². The van der Waals surface area contributed by atoms with Crippen LogP contribution in [0.15, 0.2) is 0 Å². The Morgan fingerprint density at radius 3 is 2.92 bits per heavy atom. The van der Waals surface area contributed by atoms with Gasteiger partial charge < -0.3 is 9.84 Å². The van der Waals surface area contributed by atoms with Crippen molar-refractivity contribution in [1.29, 1.82) is 0 Å². The predicted octanol–water partition coefficient (Wildman–Crippen LogP) is 0.538. The van der Waals surface area contributed by atoms with Crippen LogP contribution in [0.4, 0.5) is 0 Å². The van der Waals surface area contributed by atoms with Gasteiger partial charge in [0.15, 0.2) is 0 Å². The molecule has 0 saturated heterocycles. The van der Waals surface area contributed by atoms with E-state index in [4.69, 9.17) is 9.84 Å². The molecule has 0 amide bonds. The van der Waals surface area contributed by atoms with E-state index in [9.17, 15) is 4.79 Å². The number of hydrogen-bond acceptors (Lipinski definition) is 4. The van der Waals surface area contributed by atoms with Crippen LogP contribution in [0, 0.1) is 5.92 Å². The molecule has 0 aromatic carbocycles. The van der Waals surface area contributed by atoms with Crippen LogP contribution in [-0.4, -0.2) is 33.1 Å². The number of nitrogens with one attached hydrogen (secondary N) is 1. The molecule has 0 aliphatic heterocycles. The Hall–Kier alpha value is -1.59. The normalized spacial score (nSPS) is 10.4. The van der Waals surface area contributed by atoms with Crippen LogP contribution in [0.25, 0.3) is 0 Å². The van der Waals surface area contributed by atoms with Crippen molar-refractivity contribution in [2.75, 3.05) is 6.61 Å². The average molecular weight is 185 g/mol. The lowest BCUT2D eigenvalue weighted by Crippen LogP contribution is -2.08. The molecule has 0 bridgehead atoms. The fourth-order valence-corrected chi connectivity index (χ4v) is 0.704. The van der Waals surface area contributed by atoms with Gasteiger partial charge in [-0.15, -0.1) is 0 Å². The van der Waals surface area contributed by atoms with E-state index in [2.05, 4.69) is 15.4 Å². The highest BCUT2D eigenvalue weighted by molar-refractivity contribution is 5.87. The Labute approximate surface area is 74.9 Å². The zero-order valence-corrected chi connectivity index (χ0v) is 7.44. The molecule has 6 heteroatoms. The first kappa shape index (κ1) is 9.50. The van der Waals surface area contributed by atoms with Crippen molar-refractivity contribution in [2.45, 2.75) is 13.8 Å². The van der Waals surface area contributed by atoms with Gasteiger partial charge in [-0.05, 0) is 5.92 Å². The maximum Gasteiger partial charge on any atom is 0.359 e. The van der Waals surface area contributed by atoms with Crippen LogP contribution in [0.5, 0.6) is 5.88 Å². The second-order valence-corrected chi connectivity index (χ2v) is 3.00. The van der Waals surface area contributed by atoms with E-state index in [1.165, 1.54) is 0 Å². The maximum atomic E-state index is 10.5. The Balaban J connectivity index is 2.65. The lowest BCUT2D eigenvalue weighted by atomic mass is 10.2. The Morgan fingerprint density at radius 1 is 1.69 bits per heavy atom. The summed E-state index contributed by atoms with van der Waals surface area (Å²) in [5.74, 6) is -0.761. The molecule has 0 fully saturated rings. The SMILES string of the molecule is CC(C)COc1nn[nH]c1C(=O)O. The van der Waals surface area contributed by atoms with E-state index < -0.39 is 5.97 Å². The maximum absolute atomic E-state index is 10.5. The Bertz CT molecular complexity index is 295. The van der Waals surface area contributed by atoms with E-state index in [0.29, 0.717) is 12.5 Å². The van der Waals surface area contributed by atoms with E-state index in [0.717, 1.165) is 0 Å². The molecule has 0 radical (unpaired) electrons. The number of carboxylic acid groups (broad SMARTS) is 1. The van der Waals surface area contributed by atoms with Crippen molar-refractivity contribution < 1.29 is 14.6 Å². The minimum atomic E-state index is -1.12. The first-order valence-electron chi connectivity index (χ1n) is 3.88. The van der Waals surface area contributed by atoms with Gasteiger partial charge in [-0.25, -0.2) is 9.89 Å². The van der Waals surface area contributed by atoms with Crippen molar-refractivity contribution in [2.24, 2.45) is 5.92 Å². The zero-order valence-electron chi connectivity index (χ0n) is 7.44. The van der Waals surface area contributed by atoms with Gasteiger partial charge in [0.05, 0.1) is 6.61 Å². The highest BCUT2D eigenvalue weighted by Gasteiger charge is 2.15. The van der Waals surface area contributed by atoms with Gasteiger partial charge in [0.25, 0.3) is 5.88 Å². The summed E-state index contributed by atoms with van der Waals surface area (Å²) in [7, 11) is 0. The quantitative estimate of drug-likeness (QED) is 0.714. The smallest absolute Gasteiger partial charge is 0.359 e. The summed E-state index contributed by atoms with van der Waals surface area (Å²) in [5, 5.41) is 17.7. The van der Waals surface area contributed by atoms with E-state index >= 15 is 0 Å². The predicted molar refractivity (Wildman–Crippen MR) is 43.7 cm³/mol. The average Bonchev–Trinajstić information content (AvgIpc) is 2.47. The third-order valence-electron chi connectivity index (χ3n) is 1.28. The summed E-state index contributed by atoms with van der Waals surface area (Å²) in [5.41, 5.74) is -0.111. The zero-order chi connectivity index (χ0) is 9.84. The molecule has 1 aromatic heterocycles. The summed E-state index contributed by atoms with van der Waals surface area (Å²) >= 11 is 0. The summed E-state index contributed by atoms with van der Waals surface area (Å²) in [6, 6.07) is 0. The number of rotatable bonds is 4. The fraction of sp³-hybridized carbons (Fsp3) is 0.571. The number of ether oxygens (including phenoxy) is 1. The number of aromatic carboxylic acids is 1. The van der Waals surface area contributed by atoms with Gasteiger partial charge >= 0.3 is 5.97 Å². The molecule has 0 aliphatic carbocycles. The topological polar surface area (TPSA) is 88.1 Å². The molecule has 0 spiro atoms. The monoisotopic (exact) mass is 185 g/mol. The minimum Gasteiger partial charge on any atom is -0.476 e. The van der Waals surface area contributed by atoms with Crippen molar-refractivity contribution in [1.82, 2.24) is 15.4 Å². The number of H-pyrrole nitrogens is 1. The summed E-state index contributed by atoms with van der Waals surface area (Å²) in [4.78, 5) is 10.5. The van der Waals surface area contributed by atoms with Crippen molar-refractivity contribution >= 4 is 5.97 Å². The molecule has 1 rings (SSSR count). The minimum absolute atomic E-state index is 0.0428. The number of nitrogens with zero attached hydrogens (tertiary/aromatic N) is 2. The van der Waals surface area contributed by atoms with Gasteiger partial charge in [-0.2, -0.15) is 0 Å². The highest BCUT2D eigenvalue weighted by atomic mass is 16.5. The third kappa shape index (κ3) is 2.43. The van der Waals surface area contributed by atoms with Gasteiger partial charge in [0.1, 0.15) is 0 Å². The summed E-state index contributed by atoms with van der Waals surface area (Å²) in [6.07, 6.45) is 0. The van der Waals surface area contributed by atoms with Crippen LogP contribution in [0.2, 0.25) is 0 Å². The fourth-order valence-electron chi connectivity index (χ4n) is 0.704. The molecule has 13 heavy (non-hydrogen) atoms. The number of hydrogen-bond donors (Lipinski definition) is 2. The summed E-state index contributed by atoms with van der Waals surface area (Å²) in [6.45, 7) is 4.34.